The molecule has 106 valence electrons. The molecule has 0 spiro atoms. The predicted molar refractivity (Wildman–Crippen MR) is 76.2 cm³/mol. The number of rotatable bonds is 2. The summed E-state index contributed by atoms with van der Waals surface area (Å²) >= 11 is 0. The van der Waals surface area contributed by atoms with E-state index in [-0.39, 0.29) is 5.75 Å². The van der Waals surface area contributed by atoms with Gasteiger partial charge in [-0.2, -0.15) is 10.9 Å². The van der Waals surface area contributed by atoms with Crippen LogP contribution in [-0.4, -0.2) is 34.1 Å². The van der Waals surface area contributed by atoms with Crippen molar-refractivity contribution in [1.29, 1.82) is 0 Å². The average Bonchev–Trinajstić information content (AvgIpc) is 2.60. The summed E-state index contributed by atoms with van der Waals surface area (Å²) < 4.78 is 5.09. The van der Waals surface area contributed by atoms with E-state index in [1.165, 1.54) is 6.08 Å². The van der Waals surface area contributed by atoms with Gasteiger partial charge in [0.05, 0.1) is 0 Å². The molecule has 0 aromatic heterocycles. The van der Waals surface area contributed by atoms with Crippen molar-refractivity contribution in [3.05, 3.63) is 11.5 Å². The van der Waals surface area contributed by atoms with E-state index in [1.807, 2.05) is 0 Å². The highest BCUT2D eigenvalue weighted by Crippen LogP contribution is 2.38. The molecule has 2 unspecified atom stereocenters. The summed E-state index contributed by atoms with van der Waals surface area (Å²) in [6, 6.07) is 0. The Morgan fingerprint density at radius 3 is 2.58 bits per heavy atom. The van der Waals surface area contributed by atoms with Crippen LogP contribution in [0.4, 0.5) is 4.79 Å². The number of thiol groups is 1. The summed E-state index contributed by atoms with van der Waals surface area (Å²) in [7, 11) is -0.822. The fraction of sp³-hybridized carbons (Fsp3) is 0.538. The molecule has 0 radical (unpaired) electrons. The minimum Gasteiger partial charge on any atom is -0.479 e. The molecule has 0 aliphatic carbocycles. The summed E-state index contributed by atoms with van der Waals surface area (Å²) in [5.41, 5.74) is -2.07. The highest BCUT2D eigenvalue weighted by atomic mass is 32.2. The van der Waals surface area contributed by atoms with Gasteiger partial charge < -0.3 is 15.2 Å². The molecule has 19 heavy (non-hydrogen) atoms. The summed E-state index contributed by atoms with van der Waals surface area (Å²) in [5.74, 6) is 1.94. The summed E-state index contributed by atoms with van der Waals surface area (Å²) in [5, 5.41) is 16.5. The molecule has 2 atom stereocenters. The largest absolute Gasteiger partial charge is 0.479 e. The number of hydrogen-bond acceptors (Lipinski definition) is 3. The van der Waals surface area contributed by atoms with Gasteiger partial charge in [0.1, 0.15) is 5.60 Å². The lowest BCUT2D eigenvalue weighted by atomic mass is 10.0. The molecule has 0 fully saturated rings. The maximum absolute atomic E-state index is 11.7. The summed E-state index contributed by atoms with van der Waals surface area (Å²) in [4.78, 5) is 23.1. The molecule has 0 bridgehead atoms. The van der Waals surface area contributed by atoms with Gasteiger partial charge in [-0.3, -0.25) is 0 Å². The van der Waals surface area contributed by atoms with Crippen LogP contribution in [0.25, 0.3) is 0 Å². The fourth-order valence-corrected chi connectivity index (χ4v) is 3.41. The second-order valence-electron chi connectivity index (χ2n) is 5.21. The van der Waals surface area contributed by atoms with Gasteiger partial charge in [-0.15, -0.1) is 0 Å². The molecule has 0 saturated heterocycles. The fourth-order valence-electron chi connectivity index (χ4n) is 1.57. The van der Waals surface area contributed by atoms with Crippen molar-refractivity contribution in [2.45, 2.75) is 38.8 Å². The number of nitrogens with one attached hydrogen (secondary N) is 1. The van der Waals surface area contributed by atoms with Gasteiger partial charge in [0.25, 0.3) is 0 Å². The van der Waals surface area contributed by atoms with Gasteiger partial charge in [-0.05, 0) is 39.2 Å². The van der Waals surface area contributed by atoms with Crippen LogP contribution in [-0.2, 0) is 9.53 Å². The monoisotopic (exact) mass is 285 g/mol. The molecular weight excluding hydrogens is 266 g/mol. The molecule has 2 N–H and O–H groups in total. The third-order valence-electron chi connectivity index (χ3n) is 2.32. The number of alkyl carbamates (subject to hydrolysis) is 1. The number of aliphatic carboxylic acids is 1. The van der Waals surface area contributed by atoms with Gasteiger partial charge in [-0.1, -0.05) is 11.2 Å². The van der Waals surface area contributed by atoms with Crippen molar-refractivity contribution in [2.75, 3.05) is 5.75 Å². The SMILES string of the molecule is CC#C[SH]1C=CC(NC(=O)OC(C)(C)C)(C(=O)O)C1. The Kier molecular flexibility index (Phi) is 4.53. The first-order valence-electron chi connectivity index (χ1n) is 5.81. The van der Waals surface area contributed by atoms with Crippen molar-refractivity contribution in [3.63, 3.8) is 0 Å². The number of carboxylic acids is 1. The van der Waals surface area contributed by atoms with Gasteiger partial charge >= 0.3 is 12.1 Å². The zero-order valence-corrected chi connectivity index (χ0v) is 12.4. The molecule has 0 aromatic rings. The van der Waals surface area contributed by atoms with Crippen LogP contribution in [0.15, 0.2) is 11.5 Å². The number of carbonyl (C=O) groups excluding carboxylic acids is 1. The van der Waals surface area contributed by atoms with Crippen molar-refractivity contribution >= 4 is 23.0 Å². The Bertz CT molecular complexity index is 469. The minimum absolute atomic E-state index is 0.276. The van der Waals surface area contributed by atoms with Gasteiger partial charge in [0.15, 0.2) is 5.54 Å². The van der Waals surface area contributed by atoms with E-state index in [0.717, 1.165) is 0 Å². The zero-order chi connectivity index (χ0) is 14.7. The van der Waals surface area contributed by atoms with E-state index in [0.29, 0.717) is 0 Å². The molecule has 1 aliphatic heterocycles. The Balaban J connectivity index is 2.81. The zero-order valence-electron chi connectivity index (χ0n) is 11.5. The van der Waals surface area contributed by atoms with Crippen LogP contribution in [0.5, 0.6) is 0 Å². The second-order valence-corrected chi connectivity index (χ2v) is 6.99. The minimum atomic E-state index is -1.40. The summed E-state index contributed by atoms with van der Waals surface area (Å²) in [6.07, 6.45) is 0.760. The normalized spacial score (nSPS) is 27.3. The van der Waals surface area contributed by atoms with Crippen LogP contribution in [0.3, 0.4) is 0 Å². The standard InChI is InChI=1S/C13H19NO4S/c1-5-7-19-8-6-13(9-19,10(15)16)14-11(17)18-12(2,3)4/h6,8,19H,9H2,1-4H3,(H,14,17)(H,15,16). The van der Waals surface area contributed by atoms with E-state index < -0.39 is 34.1 Å². The molecule has 1 amide bonds. The predicted octanol–water partition coefficient (Wildman–Crippen LogP) is 1.84. The van der Waals surface area contributed by atoms with E-state index in [2.05, 4.69) is 16.5 Å². The first kappa shape index (κ1) is 15.4. The maximum Gasteiger partial charge on any atom is 0.408 e. The van der Waals surface area contributed by atoms with E-state index in [4.69, 9.17) is 4.74 Å². The highest BCUT2D eigenvalue weighted by molar-refractivity contribution is 8.24. The average molecular weight is 285 g/mol. The van der Waals surface area contributed by atoms with Crippen molar-refractivity contribution < 1.29 is 19.4 Å². The highest BCUT2D eigenvalue weighted by Gasteiger charge is 2.43. The van der Waals surface area contributed by atoms with E-state index >= 15 is 0 Å². The Labute approximate surface area is 115 Å². The Morgan fingerprint density at radius 1 is 1.47 bits per heavy atom. The first-order chi connectivity index (χ1) is 8.68. The van der Waals surface area contributed by atoms with Crippen LogP contribution >= 0.6 is 10.9 Å². The topological polar surface area (TPSA) is 75.6 Å². The molecule has 1 rings (SSSR count). The van der Waals surface area contributed by atoms with Crippen LogP contribution in [0, 0.1) is 11.2 Å². The van der Waals surface area contributed by atoms with Gasteiger partial charge in [0.2, 0.25) is 0 Å². The Morgan fingerprint density at radius 2 is 2.11 bits per heavy atom. The van der Waals surface area contributed by atoms with Crippen molar-refractivity contribution in [1.82, 2.24) is 5.32 Å². The lowest BCUT2D eigenvalue weighted by Gasteiger charge is -2.27. The molecule has 0 saturated carbocycles. The first-order valence-corrected chi connectivity index (χ1v) is 7.41. The number of ether oxygens (including phenoxy) is 1. The van der Waals surface area contributed by atoms with Gasteiger partial charge in [0, 0.05) is 5.75 Å². The van der Waals surface area contributed by atoms with E-state index in [1.54, 1.807) is 33.1 Å². The molecule has 5 nitrogen and oxygen atoms in total. The quantitative estimate of drug-likeness (QED) is 0.534. The molecule has 1 aliphatic rings. The second kappa shape index (κ2) is 5.57. The van der Waals surface area contributed by atoms with Crippen molar-refractivity contribution in [2.24, 2.45) is 0 Å². The summed E-state index contributed by atoms with van der Waals surface area (Å²) in [6.45, 7) is 6.87. The molecule has 1 heterocycles. The lowest BCUT2D eigenvalue weighted by Crippen LogP contribution is -2.55. The molecule has 6 heteroatoms. The van der Waals surface area contributed by atoms with Crippen molar-refractivity contribution in [3.8, 4) is 11.2 Å². The van der Waals surface area contributed by atoms with Crippen LogP contribution < -0.4 is 5.32 Å². The maximum atomic E-state index is 11.7. The van der Waals surface area contributed by atoms with Crippen LogP contribution in [0.1, 0.15) is 27.7 Å². The molecule has 0 aromatic carbocycles. The van der Waals surface area contributed by atoms with E-state index in [9.17, 15) is 14.7 Å². The Hall–Kier alpha value is -1.61. The third kappa shape index (κ3) is 4.21. The molecular formula is C13H19NO4S. The number of carboxylic acid groups (broad SMARTS) is 1. The lowest BCUT2D eigenvalue weighted by molar-refractivity contribution is -0.141. The smallest absolute Gasteiger partial charge is 0.408 e. The van der Waals surface area contributed by atoms with Gasteiger partial charge in [-0.25, -0.2) is 9.59 Å². The number of carbonyl (C=O) groups is 2. The third-order valence-corrected chi connectivity index (χ3v) is 4.18. The number of amides is 1. The number of hydrogen-bond donors (Lipinski definition) is 3. The van der Waals surface area contributed by atoms with Crippen LogP contribution in [0.2, 0.25) is 0 Å².